The first-order valence-corrected chi connectivity index (χ1v) is 20.2. The smallest absolute Gasteiger partial charge is 0.394 e. The highest BCUT2D eigenvalue weighted by Gasteiger charge is 2.54. The molecule has 0 amide bonds. The minimum absolute atomic E-state index is 0.0889. The molecule has 25 N–H and O–H groups in total. The lowest BCUT2D eigenvalue weighted by molar-refractivity contribution is -0.306. The second kappa shape index (κ2) is 22.6. The third kappa shape index (κ3) is 17.8. The number of hydrogen-bond donors (Lipinski definition) is 19. The maximum atomic E-state index is 11.1. The van der Waals surface area contributed by atoms with E-state index in [1.165, 1.54) is 0 Å². The van der Waals surface area contributed by atoms with Gasteiger partial charge in [0.2, 0.25) is 0 Å². The van der Waals surface area contributed by atoms with Crippen LogP contribution >= 0.6 is 0 Å². The molecular formula is C23H52N6O25S3. The molecule has 3 saturated heterocycles. The van der Waals surface area contributed by atoms with Crippen molar-refractivity contribution < 1.29 is 117 Å². The minimum atomic E-state index is -4.67. The molecule has 1 aliphatic carbocycles. The van der Waals surface area contributed by atoms with Crippen molar-refractivity contribution in [2.45, 2.75) is 123 Å². The Labute approximate surface area is 324 Å². The molecule has 0 bridgehead atoms. The van der Waals surface area contributed by atoms with E-state index < -0.39 is 154 Å². The number of hydrogen-bond acceptors (Lipinski definition) is 25. The van der Waals surface area contributed by atoms with Crippen molar-refractivity contribution in [2.24, 2.45) is 34.4 Å². The van der Waals surface area contributed by atoms with Crippen LogP contribution in [0.1, 0.15) is 6.42 Å². The van der Waals surface area contributed by atoms with Gasteiger partial charge in [0.25, 0.3) is 0 Å². The van der Waals surface area contributed by atoms with Crippen LogP contribution in [0.3, 0.4) is 0 Å². The molecule has 3 aliphatic heterocycles. The molecule has 4 fully saturated rings. The van der Waals surface area contributed by atoms with Crippen LogP contribution in [0.2, 0.25) is 0 Å². The van der Waals surface area contributed by atoms with Gasteiger partial charge in [-0.3, -0.25) is 27.3 Å². The van der Waals surface area contributed by atoms with Crippen molar-refractivity contribution in [3.8, 4) is 0 Å². The van der Waals surface area contributed by atoms with Gasteiger partial charge in [-0.1, -0.05) is 0 Å². The lowest BCUT2D eigenvalue weighted by Crippen LogP contribution is -2.68. The van der Waals surface area contributed by atoms with Crippen LogP contribution in [0, 0.1) is 0 Å². The summed E-state index contributed by atoms with van der Waals surface area (Å²) < 4.78 is 129. The molecule has 1 saturated carbocycles. The lowest BCUT2D eigenvalue weighted by Gasteiger charge is -2.47. The quantitative estimate of drug-likeness (QED) is 0.0955. The third-order valence-corrected chi connectivity index (χ3v) is 8.37. The molecule has 4 aliphatic rings. The van der Waals surface area contributed by atoms with Gasteiger partial charge in [-0.15, -0.1) is 0 Å². The molecule has 342 valence electrons. The standard InChI is InChI=1S/C23H46N6O13.3H2O4S/c24-2-7-13(32)15(34)10(28)21(37-7)40-18-6(27)1-5(26)12(31)20(18)42-23-17(36)19(9(4-30)39-23)41-22-11(29)16(35)14(33)8(3-25)38-22;3*1-5(2,3)4/h5-23,30-36H,1-4,24-29H2;3*(H2,1,2,3,4)/t5?,6?,7?,8?,9-,10?,11?,12?,13?,14?,15?,16?,17?,18?,19+,20?,21?,22?,23+;;;/m1.../s1. The van der Waals surface area contributed by atoms with E-state index in [-0.39, 0.29) is 19.5 Å². The maximum absolute atomic E-state index is 11.1. The van der Waals surface area contributed by atoms with Gasteiger partial charge in [0, 0.05) is 25.2 Å². The van der Waals surface area contributed by atoms with Crippen LogP contribution in [0.25, 0.3) is 0 Å². The Morgan fingerprint density at radius 2 is 0.807 bits per heavy atom. The van der Waals surface area contributed by atoms with E-state index in [0.717, 1.165) is 0 Å². The summed E-state index contributed by atoms with van der Waals surface area (Å²) >= 11 is 0. The molecule has 0 radical (unpaired) electrons. The van der Waals surface area contributed by atoms with Gasteiger partial charge in [-0.2, -0.15) is 25.3 Å². The van der Waals surface area contributed by atoms with Crippen LogP contribution in [-0.2, 0) is 59.6 Å². The second-order valence-electron chi connectivity index (χ2n) is 12.6. The van der Waals surface area contributed by atoms with E-state index in [2.05, 4.69) is 0 Å². The summed E-state index contributed by atoms with van der Waals surface area (Å²) in [5, 5.41) is 73.0. The molecule has 34 heteroatoms. The normalized spacial score (nSPS) is 42.7. The predicted octanol–water partition coefficient (Wildman–Crippen LogP) is -10.9. The van der Waals surface area contributed by atoms with Crippen LogP contribution in [-0.4, -0.2) is 224 Å². The zero-order valence-corrected chi connectivity index (χ0v) is 31.6. The van der Waals surface area contributed by atoms with Crippen LogP contribution in [0.5, 0.6) is 0 Å². The van der Waals surface area contributed by atoms with Gasteiger partial charge in [0.1, 0.15) is 67.1 Å². The zero-order chi connectivity index (χ0) is 44.5. The Bertz CT molecular complexity index is 1440. The highest BCUT2D eigenvalue weighted by atomic mass is 32.3. The van der Waals surface area contributed by atoms with Crippen LogP contribution < -0.4 is 34.4 Å². The van der Waals surface area contributed by atoms with Crippen molar-refractivity contribution in [1.82, 2.24) is 0 Å². The van der Waals surface area contributed by atoms with Gasteiger partial charge in [-0.05, 0) is 6.42 Å². The summed E-state index contributed by atoms with van der Waals surface area (Å²) in [5.74, 6) is 0. The highest BCUT2D eigenvalue weighted by Crippen LogP contribution is 2.34. The number of ether oxygens (including phenoxy) is 6. The largest absolute Gasteiger partial charge is 0.394 e. The first-order chi connectivity index (χ1) is 25.8. The van der Waals surface area contributed by atoms with Crippen LogP contribution in [0.15, 0.2) is 0 Å². The van der Waals surface area contributed by atoms with E-state index in [1.807, 2.05) is 0 Å². The number of rotatable bonds is 9. The van der Waals surface area contributed by atoms with Gasteiger partial charge in [0.15, 0.2) is 18.9 Å². The van der Waals surface area contributed by atoms with E-state index in [9.17, 15) is 35.7 Å². The van der Waals surface area contributed by atoms with Crippen molar-refractivity contribution in [3.63, 3.8) is 0 Å². The molecule has 31 nitrogen and oxygen atoms in total. The number of aliphatic hydroxyl groups excluding tert-OH is 7. The SMILES string of the molecule is NCC1OC(OC2C(N)CC(N)C(O)C2O[C@@H]2O[C@H](CO)[C@H](OC3OC(CN)C(O)C(O)C3N)C2O)C(N)C(O)C1O.O=S(=O)(O)O.O=S(=O)(O)O.O=S(=O)(O)O. The average Bonchev–Trinajstić information content (AvgIpc) is 3.36. The van der Waals surface area contributed by atoms with Crippen molar-refractivity contribution in [3.05, 3.63) is 0 Å². The highest BCUT2D eigenvalue weighted by molar-refractivity contribution is 7.80. The van der Waals surface area contributed by atoms with Crippen LogP contribution in [0.4, 0.5) is 0 Å². The Hall–Kier alpha value is -1.15. The molecule has 0 aromatic rings. The zero-order valence-electron chi connectivity index (χ0n) is 29.2. The summed E-state index contributed by atoms with van der Waals surface area (Å²) in [7, 11) is -14.0. The summed E-state index contributed by atoms with van der Waals surface area (Å²) in [4.78, 5) is 0. The molecule has 3 heterocycles. The Kier molecular flexibility index (Phi) is 21.4. The van der Waals surface area contributed by atoms with Crippen molar-refractivity contribution in [2.75, 3.05) is 19.7 Å². The molecule has 16 unspecified atom stereocenters. The molecule has 0 aromatic heterocycles. The number of nitrogens with two attached hydrogens (primary N) is 6. The summed E-state index contributed by atoms with van der Waals surface area (Å²) in [6.07, 6.45) is -19.8. The van der Waals surface area contributed by atoms with E-state index >= 15 is 0 Å². The van der Waals surface area contributed by atoms with E-state index in [4.69, 9.17) is 115 Å². The van der Waals surface area contributed by atoms with E-state index in [1.54, 1.807) is 0 Å². The lowest BCUT2D eigenvalue weighted by atomic mass is 9.84. The average molecular weight is 909 g/mol. The van der Waals surface area contributed by atoms with Crippen molar-refractivity contribution in [1.29, 1.82) is 0 Å². The Morgan fingerprint density at radius 3 is 1.16 bits per heavy atom. The number of aliphatic hydroxyl groups is 7. The third-order valence-electron chi connectivity index (χ3n) is 8.37. The molecule has 4 rings (SSSR count). The summed E-state index contributed by atoms with van der Waals surface area (Å²) in [5.41, 5.74) is 35.6. The van der Waals surface area contributed by atoms with E-state index in [0.29, 0.717) is 0 Å². The molecule has 57 heavy (non-hydrogen) atoms. The monoisotopic (exact) mass is 908 g/mol. The molecule has 19 atom stereocenters. The Morgan fingerprint density at radius 1 is 0.474 bits per heavy atom. The first-order valence-electron chi connectivity index (χ1n) is 16.0. The minimum Gasteiger partial charge on any atom is -0.394 e. The Balaban J connectivity index is 0.000000921. The van der Waals surface area contributed by atoms with Gasteiger partial charge < -0.3 is 98.6 Å². The second-order valence-corrected chi connectivity index (χ2v) is 15.3. The molecule has 0 aromatic carbocycles. The van der Waals surface area contributed by atoms with Gasteiger partial charge in [0.05, 0.1) is 24.8 Å². The van der Waals surface area contributed by atoms with Crippen molar-refractivity contribution >= 4 is 31.2 Å². The maximum Gasteiger partial charge on any atom is 0.394 e. The predicted molar refractivity (Wildman–Crippen MR) is 181 cm³/mol. The summed E-state index contributed by atoms with van der Waals surface area (Å²) in [6, 6.07) is -4.18. The molecule has 0 spiro atoms. The van der Waals surface area contributed by atoms with Gasteiger partial charge in [-0.25, -0.2) is 0 Å². The fourth-order valence-electron chi connectivity index (χ4n) is 5.74. The first kappa shape index (κ1) is 53.9. The molecular weight excluding hydrogens is 856 g/mol. The fourth-order valence-corrected chi connectivity index (χ4v) is 5.74. The summed E-state index contributed by atoms with van der Waals surface area (Å²) in [6.45, 7) is -0.967. The fraction of sp³-hybridized carbons (Fsp3) is 1.00. The van der Waals surface area contributed by atoms with Gasteiger partial charge >= 0.3 is 31.2 Å². The topological polar surface area (TPSA) is 577 Å².